The van der Waals surface area contributed by atoms with Crippen molar-refractivity contribution in [3.8, 4) is 0 Å². The number of hydrogen-bond acceptors (Lipinski definition) is 1. The summed E-state index contributed by atoms with van der Waals surface area (Å²) in [4.78, 5) is 0. The Morgan fingerprint density at radius 3 is 1.64 bits per heavy atom. The molecule has 0 spiro atoms. The van der Waals surface area contributed by atoms with E-state index < -0.39 is 23.5 Å². The highest BCUT2D eigenvalue weighted by Crippen LogP contribution is 2.32. The molecular weight excluding hydrogens is 197 g/mol. The second kappa shape index (κ2) is 2.99. The number of hydrogen-bond donors (Lipinski definition) is 2. The molecular formula is C2H2F5NO2S. The van der Waals surface area contributed by atoms with Gasteiger partial charge in [-0.05, 0) is 0 Å². The van der Waals surface area contributed by atoms with E-state index in [0.717, 1.165) is 0 Å². The Hall–Kier alpha value is -0.280. The van der Waals surface area contributed by atoms with Crippen molar-refractivity contribution >= 4 is 11.3 Å². The second-order valence-corrected chi connectivity index (χ2v) is 2.13. The zero-order valence-corrected chi connectivity index (χ0v) is 5.47. The largest absolute Gasteiger partial charge is 0.470 e. The Kier molecular flexibility index (Phi) is 2.91. The first-order valence-electron chi connectivity index (χ1n) is 2.00. The van der Waals surface area contributed by atoms with Crippen LogP contribution in [-0.2, 0) is 11.3 Å². The fourth-order valence-corrected chi connectivity index (χ4v) is 0.503. The van der Waals surface area contributed by atoms with E-state index in [1.54, 1.807) is 0 Å². The van der Waals surface area contributed by atoms with Crippen LogP contribution in [0.2, 0.25) is 0 Å². The molecule has 0 heterocycles. The molecule has 1 unspecified atom stereocenters. The van der Waals surface area contributed by atoms with Gasteiger partial charge in [-0.3, -0.25) is 4.55 Å². The Morgan fingerprint density at radius 1 is 1.18 bits per heavy atom. The van der Waals surface area contributed by atoms with Crippen molar-refractivity contribution in [2.75, 3.05) is 0 Å². The van der Waals surface area contributed by atoms with Crippen molar-refractivity contribution < 1.29 is 30.7 Å². The molecule has 0 aliphatic carbocycles. The molecule has 0 fully saturated rings. The van der Waals surface area contributed by atoms with Gasteiger partial charge in [0, 0.05) is 0 Å². The smallest absolute Gasteiger partial charge is 0.294 e. The Bertz CT molecular complexity index is 166. The van der Waals surface area contributed by atoms with E-state index in [-0.39, 0.29) is 4.72 Å². The SMILES string of the molecule is O=S(O)NC(F)(F)C(F)(F)F. The summed E-state index contributed by atoms with van der Waals surface area (Å²) in [5, 5.41) is 0. The first-order chi connectivity index (χ1) is 4.67. The van der Waals surface area contributed by atoms with Crippen LogP contribution in [0.1, 0.15) is 0 Å². The molecule has 1 atom stereocenters. The van der Waals surface area contributed by atoms with Crippen molar-refractivity contribution in [3.05, 3.63) is 0 Å². The molecule has 0 aromatic rings. The van der Waals surface area contributed by atoms with Gasteiger partial charge in [-0.1, -0.05) is 0 Å². The fraction of sp³-hybridized carbons (Fsp3) is 1.00. The average Bonchev–Trinajstić information content (AvgIpc) is 1.56. The van der Waals surface area contributed by atoms with Crippen molar-refractivity contribution in [3.63, 3.8) is 0 Å². The molecule has 11 heavy (non-hydrogen) atoms. The molecule has 0 aromatic carbocycles. The van der Waals surface area contributed by atoms with Crippen molar-refractivity contribution in [1.82, 2.24) is 4.72 Å². The molecule has 0 aliphatic rings. The van der Waals surface area contributed by atoms with Crippen LogP contribution >= 0.6 is 0 Å². The highest BCUT2D eigenvalue weighted by Gasteiger charge is 2.58. The zero-order chi connectivity index (χ0) is 9.28. The third-order valence-corrected chi connectivity index (χ3v) is 1.00. The predicted octanol–water partition coefficient (Wildman–Crippen LogP) is 0.868. The van der Waals surface area contributed by atoms with Crippen LogP contribution in [-0.4, -0.2) is 21.0 Å². The van der Waals surface area contributed by atoms with Gasteiger partial charge in [0.2, 0.25) is 11.3 Å². The minimum absolute atomic E-state index is 0.128. The summed E-state index contributed by atoms with van der Waals surface area (Å²) in [6.07, 6.45) is -5.87. The highest BCUT2D eigenvalue weighted by atomic mass is 32.2. The van der Waals surface area contributed by atoms with Gasteiger partial charge in [0.15, 0.2) is 0 Å². The Morgan fingerprint density at radius 2 is 1.55 bits per heavy atom. The van der Waals surface area contributed by atoms with E-state index in [0.29, 0.717) is 0 Å². The Balaban J connectivity index is 4.34. The lowest BCUT2D eigenvalue weighted by Crippen LogP contribution is -2.49. The van der Waals surface area contributed by atoms with Gasteiger partial charge in [-0.2, -0.15) is 22.0 Å². The minimum Gasteiger partial charge on any atom is -0.294 e. The lowest BCUT2D eigenvalue weighted by Gasteiger charge is -2.17. The third kappa shape index (κ3) is 3.08. The maximum Gasteiger partial charge on any atom is 0.470 e. The summed E-state index contributed by atoms with van der Waals surface area (Å²) < 4.78 is 73.8. The molecule has 9 heteroatoms. The van der Waals surface area contributed by atoms with E-state index in [2.05, 4.69) is 0 Å². The first kappa shape index (κ1) is 10.7. The molecule has 0 aromatic heterocycles. The van der Waals surface area contributed by atoms with Crippen LogP contribution < -0.4 is 4.72 Å². The lowest BCUT2D eigenvalue weighted by atomic mass is 10.6. The van der Waals surface area contributed by atoms with Crippen LogP contribution in [0.3, 0.4) is 0 Å². The van der Waals surface area contributed by atoms with E-state index in [1.807, 2.05) is 0 Å². The zero-order valence-electron chi connectivity index (χ0n) is 4.65. The van der Waals surface area contributed by atoms with Crippen LogP contribution in [0.15, 0.2) is 0 Å². The molecule has 0 bridgehead atoms. The van der Waals surface area contributed by atoms with Crippen molar-refractivity contribution in [1.29, 1.82) is 0 Å². The number of nitrogens with one attached hydrogen (secondary N) is 1. The monoisotopic (exact) mass is 199 g/mol. The summed E-state index contributed by atoms with van der Waals surface area (Å²) >= 11 is -3.40. The second-order valence-electron chi connectivity index (χ2n) is 1.42. The van der Waals surface area contributed by atoms with Crippen LogP contribution in [0.25, 0.3) is 0 Å². The van der Waals surface area contributed by atoms with Crippen molar-refractivity contribution in [2.24, 2.45) is 0 Å². The summed E-state index contributed by atoms with van der Waals surface area (Å²) in [6, 6.07) is -5.34. The quantitative estimate of drug-likeness (QED) is 0.393. The van der Waals surface area contributed by atoms with Gasteiger partial charge >= 0.3 is 12.2 Å². The molecule has 0 amide bonds. The van der Waals surface area contributed by atoms with Gasteiger partial charge in [-0.15, -0.1) is 4.72 Å². The topological polar surface area (TPSA) is 49.3 Å². The highest BCUT2D eigenvalue weighted by molar-refractivity contribution is 7.77. The predicted molar refractivity (Wildman–Crippen MR) is 24.9 cm³/mol. The standard InChI is InChI=1S/C2H2F5NO2S/c3-1(4,5)2(6,7)8-11(9)10/h8H,(H,9,10). The summed E-state index contributed by atoms with van der Waals surface area (Å²) in [5.41, 5.74) is 0. The molecule has 0 aliphatic heterocycles. The summed E-state index contributed by atoms with van der Waals surface area (Å²) in [6.45, 7) is 0. The summed E-state index contributed by atoms with van der Waals surface area (Å²) in [5.74, 6) is 0. The van der Waals surface area contributed by atoms with E-state index in [4.69, 9.17) is 4.55 Å². The summed E-state index contributed by atoms with van der Waals surface area (Å²) in [7, 11) is 0. The molecule has 0 saturated carbocycles. The molecule has 68 valence electrons. The molecule has 0 rings (SSSR count). The van der Waals surface area contributed by atoms with E-state index in [9.17, 15) is 26.2 Å². The van der Waals surface area contributed by atoms with Crippen LogP contribution in [0.5, 0.6) is 0 Å². The van der Waals surface area contributed by atoms with E-state index >= 15 is 0 Å². The molecule has 0 saturated heterocycles. The number of halogens is 5. The average molecular weight is 199 g/mol. The van der Waals surface area contributed by atoms with Gasteiger partial charge < -0.3 is 0 Å². The molecule has 2 N–H and O–H groups in total. The van der Waals surface area contributed by atoms with Gasteiger partial charge in [0.1, 0.15) is 0 Å². The Labute approximate surface area is 60.0 Å². The molecule has 0 radical (unpaired) electrons. The van der Waals surface area contributed by atoms with Crippen LogP contribution in [0.4, 0.5) is 22.0 Å². The fourth-order valence-electron chi connectivity index (χ4n) is 0.168. The van der Waals surface area contributed by atoms with Gasteiger partial charge in [0.05, 0.1) is 0 Å². The van der Waals surface area contributed by atoms with E-state index in [1.165, 1.54) is 0 Å². The lowest BCUT2D eigenvalue weighted by molar-refractivity contribution is -0.286. The third-order valence-electron chi connectivity index (χ3n) is 0.572. The maximum absolute atomic E-state index is 11.6. The van der Waals surface area contributed by atoms with Gasteiger partial charge in [0.25, 0.3) is 0 Å². The van der Waals surface area contributed by atoms with Crippen molar-refractivity contribution in [2.45, 2.75) is 12.2 Å². The van der Waals surface area contributed by atoms with Gasteiger partial charge in [-0.25, -0.2) is 4.21 Å². The maximum atomic E-state index is 11.6. The normalized spacial score (nSPS) is 16.5. The number of rotatable bonds is 2. The minimum atomic E-state index is -5.87. The van der Waals surface area contributed by atoms with Crippen LogP contribution in [0, 0.1) is 0 Å². The molecule has 3 nitrogen and oxygen atoms in total. The first-order valence-corrected chi connectivity index (χ1v) is 3.11. The number of alkyl halides is 5.